The van der Waals surface area contributed by atoms with E-state index in [2.05, 4.69) is 13.8 Å². The number of benzene rings is 2. The molecule has 2 aromatic rings. The van der Waals surface area contributed by atoms with E-state index in [4.69, 9.17) is 18.9 Å². The summed E-state index contributed by atoms with van der Waals surface area (Å²) in [6, 6.07) is 9.10. The average molecular weight is 473 g/mol. The van der Waals surface area contributed by atoms with E-state index < -0.39 is 12.3 Å². The van der Waals surface area contributed by atoms with E-state index in [1.165, 1.54) is 25.7 Å². The number of rotatable bonds is 15. The van der Waals surface area contributed by atoms with E-state index >= 15 is 0 Å². The van der Waals surface area contributed by atoms with Crippen LogP contribution in [-0.4, -0.2) is 25.5 Å². The molecule has 0 fully saturated rings. The van der Waals surface area contributed by atoms with Gasteiger partial charge in [0.15, 0.2) is 0 Å². The third kappa shape index (κ3) is 9.24. The molecule has 0 aliphatic rings. The fraction of sp³-hybridized carbons (Fsp3) is 0.571. The van der Waals surface area contributed by atoms with E-state index in [0.717, 1.165) is 44.1 Å². The van der Waals surface area contributed by atoms with Crippen molar-refractivity contribution in [3.05, 3.63) is 35.9 Å². The lowest BCUT2D eigenvalue weighted by Crippen LogP contribution is -2.14. The number of carbonyl (C=O) groups excluding carboxylic acids is 2. The Bertz CT molecular complexity index is 892. The molecule has 6 heteroatoms. The quantitative estimate of drug-likeness (QED) is 0.147. The zero-order valence-electron chi connectivity index (χ0n) is 21.0. The number of carbonyl (C=O) groups is 2. The normalized spacial score (nSPS) is 10.8. The van der Waals surface area contributed by atoms with Crippen LogP contribution in [0.1, 0.15) is 90.5 Å². The van der Waals surface area contributed by atoms with Crippen molar-refractivity contribution in [2.75, 3.05) is 13.2 Å². The third-order valence-corrected chi connectivity index (χ3v) is 5.73. The molecule has 34 heavy (non-hydrogen) atoms. The molecule has 0 atom stereocenters. The molecular weight excluding hydrogens is 432 g/mol. The molecule has 0 spiro atoms. The number of ether oxygens (including phenoxy) is 4. The zero-order valence-corrected chi connectivity index (χ0v) is 21.0. The zero-order chi connectivity index (χ0) is 24.6. The molecule has 0 amide bonds. The summed E-state index contributed by atoms with van der Waals surface area (Å²) in [6.45, 7) is 6.96. The molecule has 2 rings (SSSR count). The Morgan fingerprint density at radius 2 is 1.21 bits per heavy atom. The Balaban J connectivity index is 2.03. The van der Waals surface area contributed by atoms with Gasteiger partial charge < -0.3 is 18.9 Å². The Hall–Kier alpha value is -2.76. The van der Waals surface area contributed by atoms with Gasteiger partial charge in [-0.1, -0.05) is 96.4 Å². The van der Waals surface area contributed by atoms with Crippen LogP contribution >= 0.6 is 0 Å². The maximum atomic E-state index is 12.3. The highest BCUT2D eigenvalue weighted by Gasteiger charge is 2.19. The molecule has 2 aromatic carbocycles. The topological polar surface area (TPSA) is 71.1 Å². The SMILES string of the molecule is CCCCCCCOC(=O)Oc1cc(CC)c(OC(=O)OCCCCCCC)c2ccccc12. The molecule has 6 nitrogen and oxygen atoms in total. The predicted molar refractivity (Wildman–Crippen MR) is 135 cm³/mol. The van der Waals surface area contributed by atoms with Crippen molar-refractivity contribution in [3.63, 3.8) is 0 Å². The first-order chi connectivity index (χ1) is 16.6. The van der Waals surface area contributed by atoms with E-state index in [1.807, 2.05) is 31.2 Å². The monoisotopic (exact) mass is 472 g/mol. The lowest BCUT2D eigenvalue weighted by molar-refractivity contribution is 0.0955. The molecule has 0 radical (unpaired) electrons. The van der Waals surface area contributed by atoms with Crippen LogP contribution in [0.15, 0.2) is 30.3 Å². The van der Waals surface area contributed by atoms with Crippen LogP contribution in [0.5, 0.6) is 11.5 Å². The second-order valence-corrected chi connectivity index (χ2v) is 8.49. The molecule has 0 N–H and O–H groups in total. The second kappa shape index (κ2) is 16.0. The van der Waals surface area contributed by atoms with Gasteiger partial charge in [-0.15, -0.1) is 0 Å². The number of fused-ring (bicyclic) bond motifs is 1. The lowest BCUT2D eigenvalue weighted by atomic mass is 10.0. The highest BCUT2D eigenvalue weighted by molar-refractivity contribution is 5.96. The summed E-state index contributed by atoms with van der Waals surface area (Å²) in [5.41, 5.74) is 0.751. The Morgan fingerprint density at radius 1 is 0.676 bits per heavy atom. The van der Waals surface area contributed by atoms with Crippen molar-refractivity contribution in [3.8, 4) is 11.5 Å². The van der Waals surface area contributed by atoms with Crippen molar-refractivity contribution in [2.45, 2.75) is 91.4 Å². The van der Waals surface area contributed by atoms with Crippen LogP contribution in [-0.2, 0) is 15.9 Å². The van der Waals surface area contributed by atoms with Crippen molar-refractivity contribution in [1.29, 1.82) is 0 Å². The maximum Gasteiger partial charge on any atom is 0.513 e. The van der Waals surface area contributed by atoms with Crippen molar-refractivity contribution in [2.24, 2.45) is 0 Å². The first-order valence-electron chi connectivity index (χ1n) is 12.8. The molecule has 0 saturated carbocycles. The summed E-state index contributed by atoms with van der Waals surface area (Å²) < 4.78 is 21.7. The Kier molecular flexibility index (Phi) is 12.9. The smallest absolute Gasteiger partial charge is 0.434 e. The number of unbranched alkanes of at least 4 members (excludes halogenated alkanes) is 8. The summed E-state index contributed by atoms with van der Waals surface area (Å²) >= 11 is 0. The molecule has 0 bridgehead atoms. The standard InChI is InChI=1S/C28H40O6/c1-4-7-9-11-15-19-31-27(29)33-25-21-22(6-3)26(24-18-14-13-17-23(24)25)34-28(30)32-20-16-12-10-8-5-2/h13-14,17-18,21H,4-12,15-16,19-20H2,1-3H3. The molecule has 0 saturated heterocycles. The lowest BCUT2D eigenvalue weighted by Gasteiger charge is -2.15. The van der Waals surface area contributed by atoms with Gasteiger partial charge in [-0.25, -0.2) is 9.59 Å². The van der Waals surface area contributed by atoms with Crippen LogP contribution in [0.25, 0.3) is 10.8 Å². The van der Waals surface area contributed by atoms with E-state index in [-0.39, 0.29) is 0 Å². The van der Waals surface area contributed by atoms with Gasteiger partial charge in [0.25, 0.3) is 0 Å². The average Bonchev–Trinajstić information content (AvgIpc) is 2.84. The minimum absolute atomic E-state index is 0.340. The largest absolute Gasteiger partial charge is 0.513 e. The van der Waals surface area contributed by atoms with Crippen molar-refractivity contribution in [1.82, 2.24) is 0 Å². The van der Waals surface area contributed by atoms with Gasteiger partial charge in [0, 0.05) is 10.8 Å². The summed E-state index contributed by atoms with van der Waals surface area (Å²) in [4.78, 5) is 24.6. The van der Waals surface area contributed by atoms with Crippen LogP contribution in [0.4, 0.5) is 9.59 Å². The Morgan fingerprint density at radius 3 is 1.76 bits per heavy atom. The van der Waals surface area contributed by atoms with Crippen molar-refractivity contribution < 1.29 is 28.5 Å². The van der Waals surface area contributed by atoms with Gasteiger partial charge in [0.2, 0.25) is 0 Å². The van der Waals surface area contributed by atoms with Crippen LogP contribution in [0.3, 0.4) is 0 Å². The summed E-state index contributed by atoms with van der Waals surface area (Å²) in [5.74, 6) is 0.825. The molecule has 0 unspecified atom stereocenters. The minimum Gasteiger partial charge on any atom is -0.434 e. The fourth-order valence-electron chi connectivity index (χ4n) is 3.79. The maximum absolute atomic E-state index is 12.3. The van der Waals surface area contributed by atoms with E-state index in [9.17, 15) is 9.59 Å². The van der Waals surface area contributed by atoms with Crippen LogP contribution in [0.2, 0.25) is 0 Å². The van der Waals surface area contributed by atoms with Gasteiger partial charge in [-0.3, -0.25) is 0 Å². The number of hydrogen-bond donors (Lipinski definition) is 0. The minimum atomic E-state index is -0.723. The van der Waals surface area contributed by atoms with Crippen molar-refractivity contribution >= 4 is 23.1 Å². The summed E-state index contributed by atoms with van der Waals surface area (Å²) in [5, 5.41) is 1.35. The van der Waals surface area contributed by atoms with Gasteiger partial charge in [0.1, 0.15) is 11.5 Å². The number of aryl methyl sites for hydroxylation is 1. The third-order valence-electron chi connectivity index (χ3n) is 5.73. The highest BCUT2D eigenvalue weighted by atomic mass is 16.7. The van der Waals surface area contributed by atoms with Crippen LogP contribution in [0, 0.1) is 0 Å². The number of hydrogen-bond acceptors (Lipinski definition) is 6. The first-order valence-corrected chi connectivity index (χ1v) is 12.8. The second-order valence-electron chi connectivity index (χ2n) is 8.49. The molecule has 0 heterocycles. The summed E-state index contributed by atoms with van der Waals surface area (Å²) in [6.07, 6.45) is 9.87. The van der Waals surface area contributed by atoms with Gasteiger partial charge in [-0.2, -0.15) is 0 Å². The van der Waals surface area contributed by atoms with Crippen LogP contribution < -0.4 is 9.47 Å². The van der Waals surface area contributed by atoms with Gasteiger partial charge in [-0.05, 0) is 30.9 Å². The molecule has 0 aliphatic carbocycles. The van der Waals surface area contributed by atoms with Gasteiger partial charge >= 0.3 is 12.3 Å². The highest BCUT2D eigenvalue weighted by Crippen LogP contribution is 2.37. The molecule has 188 valence electrons. The Labute approximate surface area is 203 Å². The van der Waals surface area contributed by atoms with E-state index in [0.29, 0.717) is 41.9 Å². The molecule has 0 aliphatic heterocycles. The molecular formula is C28H40O6. The fourth-order valence-corrected chi connectivity index (χ4v) is 3.79. The summed E-state index contributed by atoms with van der Waals surface area (Å²) in [7, 11) is 0. The predicted octanol–water partition coefficient (Wildman–Crippen LogP) is 8.37. The van der Waals surface area contributed by atoms with E-state index in [1.54, 1.807) is 6.07 Å². The molecule has 0 aromatic heterocycles. The first kappa shape index (κ1) is 27.5. The van der Waals surface area contributed by atoms with Gasteiger partial charge in [0.05, 0.1) is 13.2 Å².